The fourth-order valence-electron chi connectivity index (χ4n) is 2.93. The van der Waals surface area contributed by atoms with Gasteiger partial charge in [0, 0.05) is 13.1 Å². The summed E-state index contributed by atoms with van der Waals surface area (Å²) in [6.45, 7) is 1.95. The van der Waals surface area contributed by atoms with Crippen molar-refractivity contribution in [1.29, 1.82) is 0 Å². The lowest BCUT2D eigenvalue weighted by molar-refractivity contribution is 0.566. The molecule has 0 spiro atoms. The lowest BCUT2D eigenvalue weighted by Gasteiger charge is -2.18. The Morgan fingerprint density at radius 1 is 1.21 bits per heavy atom. The van der Waals surface area contributed by atoms with E-state index in [4.69, 9.17) is 0 Å². The van der Waals surface area contributed by atoms with Crippen molar-refractivity contribution in [2.45, 2.75) is 38.6 Å². The minimum absolute atomic E-state index is 0.609. The fraction of sp³-hybridized carbons (Fsp3) is 0.643. The summed E-state index contributed by atoms with van der Waals surface area (Å²) in [7, 11) is 1.93. The third-order valence-electron chi connectivity index (χ3n) is 4.27. The van der Waals surface area contributed by atoms with Gasteiger partial charge in [-0.15, -0.1) is 0 Å². The van der Waals surface area contributed by atoms with E-state index in [0.29, 0.717) is 6.04 Å². The van der Waals surface area contributed by atoms with E-state index in [1.807, 2.05) is 24.9 Å². The van der Waals surface area contributed by atoms with E-state index in [9.17, 15) is 0 Å². The molecule has 0 amide bonds. The first-order valence-electron chi connectivity index (χ1n) is 7.15. The van der Waals surface area contributed by atoms with Crippen molar-refractivity contribution in [2.75, 3.05) is 5.32 Å². The van der Waals surface area contributed by atoms with E-state index < -0.39 is 0 Å². The predicted octanol–water partition coefficient (Wildman–Crippen LogP) is 2.27. The second-order valence-electron chi connectivity index (χ2n) is 5.97. The summed E-state index contributed by atoms with van der Waals surface area (Å²) in [6.07, 6.45) is 7.35. The third-order valence-corrected chi connectivity index (χ3v) is 4.27. The highest BCUT2D eigenvalue weighted by atomic mass is 15.3. The van der Waals surface area contributed by atoms with Gasteiger partial charge in [-0.1, -0.05) is 0 Å². The van der Waals surface area contributed by atoms with Gasteiger partial charge in [-0.2, -0.15) is 5.10 Å². The maximum absolute atomic E-state index is 4.60. The highest BCUT2D eigenvalue weighted by molar-refractivity contribution is 5.86. The summed E-state index contributed by atoms with van der Waals surface area (Å²) in [6, 6.07) is 0.609. The normalized spacial score (nSPS) is 19.3. The Labute approximate surface area is 112 Å². The van der Waals surface area contributed by atoms with Crippen molar-refractivity contribution in [2.24, 2.45) is 18.9 Å². The molecule has 0 radical (unpaired) electrons. The molecule has 2 aliphatic carbocycles. The van der Waals surface area contributed by atoms with Crippen molar-refractivity contribution in [3.63, 3.8) is 0 Å². The van der Waals surface area contributed by atoms with Gasteiger partial charge in [-0.25, -0.2) is 9.97 Å². The van der Waals surface area contributed by atoms with Crippen LogP contribution in [0.15, 0.2) is 6.20 Å². The van der Waals surface area contributed by atoms with E-state index in [1.54, 1.807) is 0 Å². The summed E-state index contributed by atoms with van der Waals surface area (Å²) >= 11 is 0. The molecule has 0 atom stereocenters. The molecule has 0 unspecified atom stereocenters. The topological polar surface area (TPSA) is 55.6 Å². The van der Waals surface area contributed by atoms with E-state index in [1.165, 1.54) is 25.7 Å². The number of aryl methyl sites for hydroxylation is 2. The Hall–Kier alpha value is -1.65. The highest BCUT2D eigenvalue weighted by Crippen LogP contribution is 2.46. The average molecular weight is 257 g/mol. The minimum atomic E-state index is 0.609. The number of aromatic nitrogens is 4. The zero-order valence-electron chi connectivity index (χ0n) is 11.4. The molecule has 0 aliphatic heterocycles. The number of hydrogen-bond acceptors (Lipinski definition) is 4. The van der Waals surface area contributed by atoms with Gasteiger partial charge in [-0.05, 0) is 44.4 Å². The van der Waals surface area contributed by atoms with Gasteiger partial charge >= 0.3 is 0 Å². The summed E-state index contributed by atoms with van der Waals surface area (Å²) in [4.78, 5) is 9.07. The van der Waals surface area contributed by atoms with Crippen LogP contribution in [-0.2, 0) is 7.05 Å². The summed E-state index contributed by atoms with van der Waals surface area (Å²) in [5.41, 5.74) is 0.917. The Morgan fingerprint density at radius 3 is 2.53 bits per heavy atom. The molecule has 5 heteroatoms. The van der Waals surface area contributed by atoms with Crippen LogP contribution in [0.3, 0.4) is 0 Å². The van der Waals surface area contributed by atoms with Gasteiger partial charge in [0.1, 0.15) is 11.6 Å². The maximum atomic E-state index is 4.60. The molecule has 1 N–H and O–H groups in total. The molecule has 19 heavy (non-hydrogen) atoms. The quantitative estimate of drug-likeness (QED) is 0.913. The monoisotopic (exact) mass is 257 g/mol. The zero-order chi connectivity index (χ0) is 13.0. The number of rotatable bonds is 4. The zero-order valence-corrected chi connectivity index (χ0v) is 11.4. The standard InChI is InChI=1S/C14H19N5/c1-8-16-13(11-7-15-19(2)14(11)17-8)18-12(9-3-4-9)10-5-6-10/h7,9-10,12H,3-6H2,1-2H3,(H,16,17,18). The molecule has 2 saturated carbocycles. The van der Waals surface area contributed by atoms with Gasteiger partial charge in [0.15, 0.2) is 5.65 Å². The minimum Gasteiger partial charge on any atom is -0.366 e. The Morgan fingerprint density at radius 2 is 1.89 bits per heavy atom. The average Bonchev–Trinajstić information content (AvgIpc) is 3.27. The molecule has 2 aromatic heterocycles. The van der Waals surface area contributed by atoms with Crippen LogP contribution in [0, 0.1) is 18.8 Å². The van der Waals surface area contributed by atoms with Crippen LogP contribution in [0.2, 0.25) is 0 Å². The summed E-state index contributed by atoms with van der Waals surface area (Å²) < 4.78 is 1.82. The number of anilines is 1. The van der Waals surface area contributed by atoms with Crippen molar-refractivity contribution in [3.05, 3.63) is 12.0 Å². The van der Waals surface area contributed by atoms with Gasteiger partial charge in [0.2, 0.25) is 0 Å². The Kier molecular flexibility index (Phi) is 2.31. The second kappa shape index (κ2) is 3.92. The molecule has 2 fully saturated rings. The van der Waals surface area contributed by atoms with Gasteiger partial charge in [0.25, 0.3) is 0 Å². The first kappa shape index (κ1) is 11.2. The van der Waals surface area contributed by atoms with Crippen LogP contribution < -0.4 is 5.32 Å². The third kappa shape index (κ3) is 1.97. The SMILES string of the molecule is Cc1nc(NC(C2CC2)C2CC2)c2cnn(C)c2n1. The number of nitrogens with zero attached hydrogens (tertiary/aromatic N) is 4. The second-order valence-corrected chi connectivity index (χ2v) is 5.97. The smallest absolute Gasteiger partial charge is 0.163 e. The highest BCUT2D eigenvalue weighted by Gasteiger charge is 2.41. The van der Waals surface area contributed by atoms with E-state index in [0.717, 1.165) is 34.5 Å². The van der Waals surface area contributed by atoms with E-state index in [2.05, 4.69) is 20.4 Å². The molecular weight excluding hydrogens is 238 g/mol. The number of hydrogen-bond donors (Lipinski definition) is 1. The molecule has 5 nitrogen and oxygen atoms in total. The maximum Gasteiger partial charge on any atom is 0.163 e. The Balaban J connectivity index is 1.72. The van der Waals surface area contributed by atoms with Gasteiger partial charge in [0.05, 0.1) is 11.6 Å². The molecule has 2 heterocycles. The van der Waals surface area contributed by atoms with Crippen molar-refractivity contribution < 1.29 is 0 Å². The first-order valence-corrected chi connectivity index (χ1v) is 7.15. The van der Waals surface area contributed by atoms with Crippen molar-refractivity contribution in [1.82, 2.24) is 19.7 Å². The predicted molar refractivity (Wildman–Crippen MR) is 73.9 cm³/mol. The number of fused-ring (bicyclic) bond motifs is 1. The summed E-state index contributed by atoms with van der Waals surface area (Å²) in [5, 5.41) is 9.04. The first-order chi connectivity index (χ1) is 9.22. The van der Waals surface area contributed by atoms with Gasteiger partial charge in [-0.3, -0.25) is 4.68 Å². The molecule has 2 aromatic rings. The molecule has 0 aromatic carbocycles. The largest absolute Gasteiger partial charge is 0.366 e. The van der Waals surface area contributed by atoms with Crippen LogP contribution in [0.5, 0.6) is 0 Å². The summed E-state index contributed by atoms with van der Waals surface area (Å²) in [5.74, 6) is 3.49. The molecule has 100 valence electrons. The number of nitrogens with one attached hydrogen (secondary N) is 1. The fourth-order valence-corrected chi connectivity index (χ4v) is 2.93. The van der Waals surface area contributed by atoms with Crippen LogP contribution in [0.25, 0.3) is 11.0 Å². The molecule has 0 saturated heterocycles. The van der Waals surface area contributed by atoms with Crippen molar-refractivity contribution >= 4 is 16.9 Å². The van der Waals surface area contributed by atoms with E-state index >= 15 is 0 Å². The molecular formula is C14H19N5. The molecule has 0 bridgehead atoms. The van der Waals surface area contributed by atoms with Crippen LogP contribution in [-0.4, -0.2) is 25.8 Å². The van der Waals surface area contributed by atoms with Crippen LogP contribution in [0.1, 0.15) is 31.5 Å². The lowest BCUT2D eigenvalue weighted by Crippen LogP contribution is -2.25. The van der Waals surface area contributed by atoms with Gasteiger partial charge < -0.3 is 5.32 Å². The lowest BCUT2D eigenvalue weighted by atomic mass is 10.1. The van der Waals surface area contributed by atoms with Crippen LogP contribution in [0.4, 0.5) is 5.82 Å². The van der Waals surface area contributed by atoms with E-state index in [-0.39, 0.29) is 0 Å². The van der Waals surface area contributed by atoms with Crippen LogP contribution >= 0.6 is 0 Å². The molecule has 4 rings (SSSR count). The van der Waals surface area contributed by atoms with Crippen molar-refractivity contribution in [3.8, 4) is 0 Å². The Bertz CT molecular complexity index is 612. The molecule has 2 aliphatic rings.